The van der Waals surface area contributed by atoms with Crippen LogP contribution in [0.15, 0.2) is 99.9 Å². The molecule has 0 saturated carbocycles. The number of ether oxygens (including phenoxy) is 1. The predicted molar refractivity (Wildman–Crippen MR) is 195 cm³/mol. The van der Waals surface area contributed by atoms with E-state index in [-0.39, 0.29) is 20.6 Å². The first-order valence-corrected chi connectivity index (χ1v) is 17.8. The van der Waals surface area contributed by atoms with Gasteiger partial charge >= 0.3 is 3.18 Å². The van der Waals surface area contributed by atoms with Crippen molar-refractivity contribution >= 4 is 136 Å². The summed E-state index contributed by atoms with van der Waals surface area (Å²) in [5.41, 5.74) is 3.19. The third-order valence-electron chi connectivity index (χ3n) is 5.95. The first-order chi connectivity index (χ1) is 20.4. The third kappa shape index (κ3) is 8.17. The minimum absolute atomic E-state index is 0.0595. The number of hydrogen-bond acceptors (Lipinski definition) is 4. The number of phenolic OH excluding ortho intramolecular Hbond substituents is 1. The Balaban J connectivity index is 0.000000176. The molecule has 0 atom stereocenters. The van der Waals surface area contributed by atoms with Crippen LogP contribution in [0.5, 0.6) is 11.5 Å². The Kier molecular flexibility index (Phi) is 12.4. The zero-order chi connectivity index (χ0) is 31.4. The van der Waals surface area contributed by atoms with Crippen molar-refractivity contribution < 1.29 is 27.5 Å². The van der Waals surface area contributed by atoms with Gasteiger partial charge in [0.05, 0.1) is 39.4 Å². The highest BCUT2D eigenvalue weighted by Gasteiger charge is 2.19. The number of halogens is 9. The van der Waals surface area contributed by atoms with Gasteiger partial charge in [-0.05, 0) is 80.4 Å². The van der Waals surface area contributed by atoms with E-state index in [0.29, 0.717) is 58.0 Å². The molecule has 4 nitrogen and oxygen atoms in total. The Morgan fingerprint density at radius 3 is 1.56 bits per heavy atom. The maximum atomic E-state index is 14.2. The standard InChI is InChI=1S/C15H9Br2FO2.C14H7Br2FO2.BBr3/c1-19-13-5-4-11(17)15-14(13)10(7-20-15)9-3-2-8(16)6-12(9)18;15-7-1-2-8(11(17)5-7)9-6-19-14-10(16)3-4-12(18)13(9)14;2-1(3)4/h2-7H,1H3;1-6,18H;. The SMILES string of the molecule is BrB(Br)Br.COc1ccc(Br)c2occ(-c3ccc(Br)cc3F)c12.Oc1ccc(Br)c2occ(-c3ccc(Br)cc3F)c12. The van der Waals surface area contributed by atoms with Crippen LogP contribution in [0.2, 0.25) is 0 Å². The highest BCUT2D eigenvalue weighted by molar-refractivity contribution is 9.69. The highest BCUT2D eigenvalue weighted by Crippen LogP contribution is 2.42. The van der Waals surface area contributed by atoms with Gasteiger partial charge in [0, 0.05) is 31.2 Å². The number of fused-ring (bicyclic) bond motifs is 2. The molecule has 0 radical (unpaired) electrons. The first-order valence-electron chi connectivity index (χ1n) is 11.9. The fraction of sp³-hybridized carbons (Fsp3) is 0.0345. The molecule has 0 bridgehead atoms. The number of aromatic hydroxyl groups is 1. The molecule has 0 unspecified atom stereocenters. The van der Waals surface area contributed by atoms with E-state index in [1.165, 1.54) is 18.4 Å². The van der Waals surface area contributed by atoms with Crippen molar-refractivity contribution in [2.24, 2.45) is 0 Å². The van der Waals surface area contributed by atoms with E-state index in [0.717, 1.165) is 9.86 Å². The zero-order valence-electron chi connectivity index (χ0n) is 21.6. The Morgan fingerprint density at radius 2 is 1.09 bits per heavy atom. The van der Waals surface area contributed by atoms with Crippen LogP contribution in [0.25, 0.3) is 44.2 Å². The molecule has 0 fully saturated rings. The lowest BCUT2D eigenvalue weighted by Crippen LogP contribution is -1.87. The van der Waals surface area contributed by atoms with Gasteiger partial charge in [0.15, 0.2) is 11.2 Å². The summed E-state index contributed by atoms with van der Waals surface area (Å²) < 4.78 is 47.6. The van der Waals surface area contributed by atoms with Gasteiger partial charge in [-0.25, -0.2) is 8.78 Å². The van der Waals surface area contributed by atoms with Crippen LogP contribution in [0, 0.1) is 11.6 Å². The van der Waals surface area contributed by atoms with E-state index in [1.54, 1.807) is 49.8 Å². The molecule has 0 aliphatic rings. The maximum Gasteiger partial charge on any atom is 0.369 e. The van der Waals surface area contributed by atoms with Crippen LogP contribution >= 0.6 is 111 Å². The van der Waals surface area contributed by atoms with Crippen LogP contribution in [-0.2, 0) is 0 Å². The minimum Gasteiger partial charge on any atom is -0.507 e. The first kappa shape index (κ1) is 34.7. The van der Waals surface area contributed by atoms with Crippen molar-refractivity contribution in [3.05, 3.63) is 103 Å². The van der Waals surface area contributed by atoms with Crippen LogP contribution < -0.4 is 4.74 Å². The van der Waals surface area contributed by atoms with Crippen LogP contribution in [-0.4, -0.2) is 15.4 Å². The van der Waals surface area contributed by atoms with Gasteiger partial charge < -0.3 is 18.7 Å². The third-order valence-corrected chi connectivity index (χ3v) is 8.18. The smallest absolute Gasteiger partial charge is 0.369 e. The number of benzene rings is 4. The summed E-state index contributed by atoms with van der Waals surface area (Å²) in [7, 11) is 1.58. The lowest BCUT2D eigenvalue weighted by molar-refractivity contribution is 0.419. The number of rotatable bonds is 3. The second-order valence-electron chi connectivity index (χ2n) is 8.52. The van der Waals surface area contributed by atoms with E-state index in [2.05, 4.69) is 111 Å². The molecule has 4 aromatic carbocycles. The molecule has 6 rings (SSSR count). The molecule has 1 N–H and O–H groups in total. The van der Waals surface area contributed by atoms with Crippen molar-refractivity contribution in [3.8, 4) is 33.8 Å². The summed E-state index contributed by atoms with van der Waals surface area (Å²) in [6.07, 6.45) is 2.99. The Labute approximate surface area is 304 Å². The van der Waals surface area contributed by atoms with Crippen molar-refractivity contribution in [2.45, 2.75) is 0 Å². The van der Waals surface area contributed by atoms with E-state index < -0.39 is 0 Å². The fourth-order valence-corrected chi connectivity index (χ4v) is 5.68. The molecule has 0 saturated heterocycles. The minimum atomic E-state index is -0.378. The van der Waals surface area contributed by atoms with Gasteiger partial charge in [-0.15, -0.1) is 47.3 Å². The lowest BCUT2D eigenvalue weighted by atomic mass is 10.0. The molecular weight excluding hydrogens is 1020 g/mol. The monoisotopic (exact) mass is 1030 g/mol. The summed E-state index contributed by atoms with van der Waals surface area (Å²) in [5, 5.41) is 11.2. The van der Waals surface area contributed by atoms with Crippen molar-refractivity contribution in [3.63, 3.8) is 0 Å². The molecular formula is C29H16BBr7F2O4. The Hall–Kier alpha value is -1.16. The Bertz CT molecular complexity index is 1910. The second-order valence-corrected chi connectivity index (χ2v) is 18.5. The quantitative estimate of drug-likeness (QED) is 0.180. The van der Waals surface area contributed by atoms with Gasteiger partial charge in [0.1, 0.15) is 23.1 Å². The normalized spacial score (nSPS) is 10.7. The van der Waals surface area contributed by atoms with Crippen molar-refractivity contribution in [2.75, 3.05) is 7.11 Å². The molecule has 2 heterocycles. The molecule has 2 aromatic heterocycles. The molecule has 0 aliphatic heterocycles. The maximum absolute atomic E-state index is 14.2. The van der Waals surface area contributed by atoms with E-state index in [9.17, 15) is 13.9 Å². The molecule has 222 valence electrons. The molecule has 0 aliphatic carbocycles. The number of furan rings is 2. The second kappa shape index (κ2) is 15.4. The Morgan fingerprint density at radius 1 is 0.651 bits per heavy atom. The summed E-state index contributed by atoms with van der Waals surface area (Å²) in [4.78, 5) is 0. The van der Waals surface area contributed by atoms with E-state index in [1.807, 2.05) is 12.1 Å². The highest BCUT2D eigenvalue weighted by atomic mass is 79.9. The molecule has 6 aromatic rings. The van der Waals surface area contributed by atoms with E-state index >= 15 is 0 Å². The van der Waals surface area contributed by atoms with Gasteiger partial charge in [0.25, 0.3) is 0 Å². The topological polar surface area (TPSA) is 55.7 Å². The van der Waals surface area contributed by atoms with Crippen LogP contribution in [0.1, 0.15) is 0 Å². The van der Waals surface area contributed by atoms with Gasteiger partial charge in [-0.3, -0.25) is 0 Å². The number of methoxy groups -OCH3 is 1. The summed E-state index contributed by atoms with van der Waals surface area (Å²) in [5.74, 6) is 0.0130. The molecule has 0 amide bonds. The average molecular weight is 1040 g/mol. The molecule has 0 spiro atoms. The van der Waals surface area contributed by atoms with Gasteiger partial charge in [-0.2, -0.15) is 0 Å². The lowest BCUT2D eigenvalue weighted by Gasteiger charge is -2.06. The summed E-state index contributed by atoms with van der Waals surface area (Å²) in [6.45, 7) is 0. The van der Waals surface area contributed by atoms with Gasteiger partial charge in [0.2, 0.25) is 0 Å². The summed E-state index contributed by atoms with van der Waals surface area (Å²) >= 11 is 22.5. The van der Waals surface area contributed by atoms with Crippen LogP contribution in [0.4, 0.5) is 8.78 Å². The fourth-order valence-electron chi connectivity index (χ4n) is 4.17. The summed E-state index contributed by atoms with van der Waals surface area (Å²) in [6, 6.07) is 16.6. The van der Waals surface area contributed by atoms with Crippen molar-refractivity contribution in [1.82, 2.24) is 0 Å². The zero-order valence-corrected chi connectivity index (χ0v) is 32.7. The molecule has 43 heavy (non-hydrogen) atoms. The largest absolute Gasteiger partial charge is 0.507 e. The average Bonchev–Trinajstić information content (AvgIpc) is 3.58. The van der Waals surface area contributed by atoms with Crippen LogP contribution in [0.3, 0.4) is 0 Å². The van der Waals surface area contributed by atoms with E-state index in [4.69, 9.17) is 13.6 Å². The molecule has 14 heteroatoms. The van der Waals surface area contributed by atoms with Crippen molar-refractivity contribution in [1.29, 1.82) is 0 Å². The number of hydrogen-bond donors (Lipinski definition) is 1. The predicted octanol–water partition coefficient (Wildman–Crippen LogP) is 13.4. The number of phenols is 1. The van der Waals surface area contributed by atoms with Gasteiger partial charge in [-0.1, -0.05) is 44.0 Å².